The predicted molar refractivity (Wildman–Crippen MR) is 149 cm³/mol. The molecule has 0 aliphatic rings. The number of ether oxygens (including phenoxy) is 1. The quantitative estimate of drug-likeness (QED) is 0.229. The van der Waals surface area contributed by atoms with Crippen LogP contribution in [0.15, 0.2) is 109 Å². The van der Waals surface area contributed by atoms with E-state index in [1.807, 2.05) is 72.8 Å². The molecule has 6 nitrogen and oxygen atoms in total. The normalized spacial score (nSPS) is 10.4. The number of amides is 2. The van der Waals surface area contributed by atoms with Crippen molar-refractivity contribution in [2.75, 3.05) is 29.1 Å². The maximum Gasteiger partial charge on any atom is 0.243 e. The highest BCUT2D eigenvalue weighted by atomic mass is 16.5. The second-order valence-corrected chi connectivity index (χ2v) is 8.62. The standard InChI is InChI=1S/C31H31N3O3/c35-30(19-14-24-8-3-1-4-9-24)33-27-12-7-13-28(22-27)34-31(36)23-32-26-15-17-29(18-16-26)37-21-20-25-10-5-2-6-11-25/h1-13,15-18,22,32H,14,19-21,23H2,(H,33,35)(H,34,36). The van der Waals surface area contributed by atoms with Gasteiger partial charge in [-0.25, -0.2) is 0 Å². The molecule has 4 rings (SSSR count). The van der Waals surface area contributed by atoms with Crippen LogP contribution < -0.4 is 20.7 Å². The molecule has 0 bridgehead atoms. The smallest absolute Gasteiger partial charge is 0.243 e. The third-order valence-electron chi connectivity index (χ3n) is 5.72. The Hall–Kier alpha value is -4.58. The van der Waals surface area contributed by atoms with Crippen LogP contribution in [0.3, 0.4) is 0 Å². The first-order chi connectivity index (χ1) is 18.1. The Morgan fingerprint density at radius 2 is 1.19 bits per heavy atom. The second kappa shape index (κ2) is 13.5. The van der Waals surface area contributed by atoms with Crippen LogP contribution in [0.4, 0.5) is 17.1 Å². The van der Waals surface area contributed by atoms with Crippen LogP contribution in [0, 0.1) is 0 Å². The van der Waals surface area contributed by atoms with Crippen LogP contribution in [0.25, 0.3) is 0 Å². The highest BCUT2D eigenvalue weighted by Crippen LogP contribution is 2.18. The summed E-state index contributed by atoms with van der Waals surface area (Å²) in [5.74, 6) is 0.533. The molecule has 0 aliphatic carbocycles. The summed E-state index contributed by atoms with van der Waals surface area (Å²) in [5.41, 5.74) is 4.45. The van der Waals surface area contributed by atoms with Gasteiger partial charge in [-0.1, -0.05) is 66.7 Å². The maximum absolute atomic E-state index is 12.4. The third kappa shape index (κ3) is 8.85. The SMILES string of the molecule is O=C(CCc1ccccc1)Nc1cccc(NC(=O)CNc2ccc(OCCc3ccccc3)cc2)c1. The minimum atomic E-state index is -0.184. The molecule has 0 radical (unpaired) electrons. The molecule has 0 aliphatic heterocycles. The van der Waals surface area contributed by atoms with E-state index >= 15 is 0 Å². The molecule has 0 atom stereocenters. The molecule has 0 unspecified atom stereocenters. The first-order valence-electron chi connectivity index (χ1n) is 12.4. The van der Waals surface area contributed by atoms with E-state index in [1.165, 1.54) is 5.56 Å². The zero-order valence-electron chi connectivity index (χ0n) is 20.7. The van der Waals surface area contributed by atoms with Crippen molar-refractivity contribution in [2.45, 2.75) is 19.3 Å². The van der Waals surface area contributed by atoms with Crippen molar-refractivity contribution in [3.63, 3.8) is 0 Å². The molecule has 37 heavy (non-hydrogen) atoms. The summed E-state index contributed by atoms with van der Waals surface area (Å²) in [6.45, 7) is 0.716. The fourth-order valence-corrected chi connectivity index (χ4v) is 3.79. The summed E-state index contributed by atoms with van der Waals surface area (Å²) < 4.78 is 5.81. The number of rotatable bonds is 12. The molecule has 4 aromatic carbocycles. The number of anilines is 3. The van der Waals surface area contributed by atoms with Gasteiger partial charge >= 0.3 is 0 Å². The molecule has 0 heterocycles. The molecule has 0 saturated carbocycles. The molecule has 188 valence electrons. The lowest BCUT2D eigenvalue weighted by Gasteiger charge is -2.11. The van der Waals surface area contributed by atoms with Gasteiger partial charge < -0.3 is 20.7 Å². The summed E-state index contributed by atoms with van der Waals surface area (Å²) in [6.07, 6.45) is 1.91. The number of benzene rings is 4. The summed E-state index contributed by atoms with van der Waals surface area (Å²) in [4.78, 5) is 24.7. The number of nitrogens with one attached hydrogen (secondary N) is 3. The molecule has 2 amide bonds. The van der Waals surface area contributed by atoms with Crippen LogP contribution in [0.2, 0.25) is 0 Å². The number of hydrogen-bond acceptors (Lipinski definition) is 4. The number of hydrogen-bond donors (Lipinski definition) is 3. The van der Waals surface area contributed by atoms with E-state index < -0.39 is 0 Å². The number of carbonyl (C=O) groups is 2. The minimum Gasteiger partial charge on any atom is -0.493 e. The fourth-order valence-electron chi connectivity index (χ4n) is 3.79. The lowest BCUT2D eigenvalue weighted by molar-refractivity contribution is -0.116. The van der Waals surface area contributed by atoms with E-state index in [9.17, 15) is 9.59 Å². The van der Waals surface area contributed by atoms with Crippen LogP contribution in [-0.4, -0.2) is 25.0 Å². The summed E-state index contributed by atoms with van der Waals surface area (Å²) in [5, 5.41) is 8.87. The van der Waals surface area contributed by atoms with Crippen molar-refractivity contribution in [1.29, 1.82) is 0 Å². The second-order valence-electron chi connectivity index (χ2n) is 8.62. The maximum atomic E-state index is 12.4. The Morgan fingerprint density at radius 1 is 0.595 bits per heavy atom. The van der Waals surface area contributed by atoms with Crippen molar-refractivity contribution >= 4 is 28.9 Å². The monoisotopic (exact) mass is 493 g/mol. The number of aryl methyl sites for hydroxylation is 1. The fraction of sp³-hybridized carbons (Fsp3) is 0.161. The third-order valence-corrected chi connectivity index (χ3v) is 5.72. The average Bonchev–Trinajstić information content (AvgIpc) is 2.93. The summed E-state index contributed by atoms with van der Waals surface area (Å²) in [6, 6.07) is 34.8. The van der Waals surface area contributed by atoms with Crippen LogP contribution in [0.1, 0.15) is 17.5 Å². The topological polar surface area (TPSA) is 79.5 Å². The van der Waals surface area contributed by atoms with Crippen molar-refractivity contribution in [2.24, 2.45) is 0 Å². The van der Waals surface area contributed by atoms with Gasteiger partial charge in [0.15, 0.2) is 0 Å². The van der Waals surface area contributed by atoms with Crippen molar-refractivity contribution in [1.82, 2.24) is 0 Å². The molecule has 0 aromatic heterocycles. The predicted octanol–water partition coefficient (Wildman–Crippen LogP) is 5.93. The van der Waals surface area contributed by atoms with Gasteiger partial charge in [-0.2, -0.15) is 0 Å². The Morgan fingerprint density at radius 3 is 1.84 bits per heavy atom. The number of carbonyl (C=O) groups excluding carboxylic acids is 2. The first-order valence-corrected chi connectivity index (χ1v) is 12.4. The largest absolute Gasteiger partial charge is 0.493 e. The van der Waals surface area contributed by atoms with Gasteiger partial charge in [-0.05, 0) is 60.0 Å². The lowest BCUT2D eigenvalue weighted by atomic mass is 10.1. The molecule has 3 N–H and O–H groups in total. The Bertz CT molecular complexity index is 1280. The zero-order valence-corrected chi connectivity index (χ0v) is 20.7. The Labute approximate surface area is 217 Å². The summed E-state index contributed by atoms with van der Waals surface area (Å²) >= 11 is 0. The van der Waals surface area contributed by atoms with Crippen LogP contribution in [-0.2, 0) is 22.4 Å². The van der Waals surface area contributed by atoms with E-state index in [0.29, 0.717) is 30.8 Å². The van der Waals surface area contributed by atoms with E-state index in [1.54, 1.807) is 24.3 Å². The van der Waals surface area contributed by atoms with Crippen molar-refractivity contribution < 1.29 is 14.3 Å². The van der Waals surface area contributed by atoms with Gasteiger partial charge in [0.05, 0.1) is 13.2 Å². The Kier molecular flexibility index (Phi) is 9.30. The van der Waals surface area contributed by atoms with E-state index in [-0.39, 0.29) is 18.4 Å². The van der Waals surface area contributed by atoms with Gasteiger partial charge in [-0.15, -0.1) is 0 Å². The first kappa shape index (κ1) is 25.5. The summed E-state index contributed by atoms with van der Waals surface area (Å²) in [7, 11) is 0. The minimum absolute atomic E-state index is 0.0681. The van der Waals surface area contributed by atoms with Crippen molar-refractivity contribution in [3.8, 4) is 5.75 Å². The van der Waals surface area contributed by atoms with Gasteiger partial charge in [0.2, 0.25) is 11.8 Å². The highest BCUT2D eigenvalue weighted by molar-refractivity contribution is 5.95. The molecule has 4 aromatic rings. The molecular weight excluding hydrogens is 462 g/mol. The van der Waals surface area contributed by atoms with E-state index in [2.05, 4.69) is 28.1 Å². The van der Waals surface area contributed by atoms with Gasteiger partial charge in [0, 0.05) is 29.9 Å². The molecule has 0 spiro atoms. The lowest BCUT2D eigenvalue weighted by Crippen LogP contribution is -2.21. The van der Waals surface area contributed by atoms with Gasteiger partial charge in [0.1, 0.15) is 5.75 Å². The molecular formula is C31H31N3O3. The zero-order chi connectivity index (χ0) is 25.7. The molecule has 0 saturated heterocycles. The molecule has 0 fully saturated rings. The molecule has 6 heteroatoms. The van der Waals surface area contributed by atoms with Gasteiger partial charge in [-0.3, -0.25) is 9.59 Å². The Balaban J connectivity index is 1.18. The van der Waals surface area contributed by atoms with Crippen LogP contribution in [0.5, 0.6) is 5.75 Å². The average molecular weight is 494 g/mol. The van der Waals surface area contributed by atoms with Crippen molar-refractivity contribution in [3.05, 3.63) is 120 Å². The van der Waals surface area contributed by atoms with E-state index in [4.69, 9.17) is 4.74 Å². The van der Waals surface area contributed by atoms with E-state index in [0.717, 1.165) is 23.4 Å². The van der Waals surface area contributed by atoms with Gasteiger partial charge in [0.25, 0.3) is 0 Å². The highest BCUT2D eigenvalue weighted by Gasteiger charge is 2.07. The van der Waals surface area contributed by atoms with Crippen LogP contribution >= 0.6 is 0 Å².